The highest BCUT2D eigenvalue weighted by Crippen LogP contribution is 2.31. The molecule has 0 amide bonds. The van der Waals surface area contributed by atoms with E-state index in [1.165, 1.54) is 5.56 Å². The van der Waals surface area contributed by atoms with Crippen molar-refractivity contribution in [1.82, 2.24) is 0 Å². The van der Waals surface area contributed by atoms with Gasteiger partial charge < -0.3 is 5.11 Å². The van der Waals surface area contributed by atoms with Crippen LogP contribution in [-0.4, -0.2) is 5.11 Å². The van der Waals surface area contributed by atoms with Crippen molar-refractivity contribution in [2.45, 2.75) is 39.2 Å². The molecule has 1 nitrogen and oxygen atoms in total. The van der Waals surface area contributed by atoms with Crippen LogP contribution in [0, 0.1) is 6.92 Å². The Balaban J connectivity index is 2.34. The molecule has 0 spiro atoms. The number of aliphatic hydroxyl groups excluding tert-OH is 1. The second kappa shape index (κ2) is 5.71. The van der Waals surface area contributed by atoms with Crippen molar-refractivity contribution < 1.29 is 5.11 Å². The fourth-order valence-electron chi connectivity index (χ4n) is 2.22. The fourth-order valence-corrected chi connectivity index (χ4v) is 2.68. The molecule has 106 valence electrons. The Labute approximate surface area is 129 Å². The molecule has 0 fully saturated rings. The fraction of sp³-hybridized carbons (Fsp3) is 0.333. The Morgan fingerprint density at radius 1 is 1.00 bits per heavy atom. The van der Waals surface area contributed by atoms with Crippen LogP contribution in [0.2, 0.25) is 0 Å². The molecule has 2 aromatic rings. The van der Waals surface area contributed by atoms with Crippen LogP contribution in [0.5, 0.6) is 0 Å². The van der Waals surface area contributed by atoms with Gasteiger partial charge in [-0.2, -0.15) is 0 Å². The summed E-state index contributed by atoms with van der Waals surface area (Å²) < 4.78 is 0.940. The maximum atomic E-state index is 10.6. The summed E-state index contributed by atoms with van der Waals surface area (Å²) in [6.07, 6.45) is -0.599. The second-order valence-corrected chi connectivity index (χ2v) is 7.15. The molecule has 0 aliphatic heterocycles. The Bertz CT molecular complexity index is 594. The third-order valence-electron chi connectivity index (χ3n) is 3.54. The second-order valence-electron chi connectivity index (χ2n) is 6.30. The number of rotatable bonds is 2. The van der Waals surface area contributed by atoms with Gasteiger partial charge in [0.1, 0.15) is 6.10 Å². The third-order valence-corrected chi connectivity index (χ3v) is 4.26. The molecule has 0 aromatic heterocycles. The smallest absolute Gasteiger partial charge is 0.105 e. The summed E-state index contributed by atoms with van der Waals surface area (Å²) in [5.41, 5.74) is 4.39. The summed E-state index contributed by atoms with van der Waals surface area (Å²) in [6, 6.07) is 14.3. The lowest BCUT2D eigenvalue weighted by atomic mass is 9.86. The molecule has 0 aliphatic carbocycles. The van der Waals surface area contributed by atoms with Gasteiger partial charge in [0.25, 0.3) is 0 Å². The first-order valence-corrected chi connectivity index (χ1v) is 7.63. The summed E-state index contributed by atoms with van der Waals surface area (Å²) in [5, 5.41) is 10.6. The predicted octanol–water partition coefficient (Wildman–Crippen LogP) is 5.14. The van der Waals surface area contributed by atoms with E-state index in [-0.39, 0.29) is 5.41 Å². The molecule has 0 saturated carbocycles. The van der Waals surface area contributed by atoms with Crippen LogP contribution in [0.25, 0.3) is 0 Å². The molecule has 0 aliphatic rings. The number of aliphatic hydroxyl groups is 1. The van der Waals surface area contributed by atoms with Gasteiger partial charge in [0.15, 0.2) is 0 Å². The van der Waals surface area contributed by atoms with Gasteiger partial charge in [0.05, 0.1) is 0 Å². The van der Waals surface area contributed by atoms with Crippen molar-refractivity contribution in [1.29, 1.82) is 0 Å². The number of hydrogen-bond donors (Lipinski definition) is 1. The molecule has 0 saturated heterocycles. The average molecular weight is 333 g/mol. The Morgan fingerprint density at radius 2 is 1.60 bits per heavy atom. The molecular weight excluding hydrogens is 312 g/mol. The van der Waals surface area contributed by atoms with E-state index in [2.05, 4.69) is 48.8 Å². The van der Waals surface area contributed by atoms with Crippen LogP contribution in [0.1, 0.15) is 49.1 Å². The molecule has 20 heavy (non-hydrogen) atoms. The quantitative estimate of drug-likeness (QED) is 0.807. The maximum Gasteiger partial charge on any atom is 0.105 e. The minimum atomic E-state index is -0.599. The van der Waals surface area contributed by atoms with E-state index in [1.54, 1.807) is 0 Å². The lowest BCUT2D eigenvalue weighted by molar-refractivity contribution is 0.219. The zero-order chi connectivity index (χ0) is 14.9. The van der Waals surface area contributed by atoms with Gasteiger partial charge in [-0.25, -0.2) is 0 Å². The van der Waals surface area contributed by atoms with Gasteiger partial charge in [-0.3, -0.25) is 0 Å². The molecule has 2 aromatic carbocycles. The van der Waals surface area contributed by atoms with Crippen molar-refractivity contribution in [2.75, 3.05) is 0 Å². The molecular formula is C18H21BrO. The summed E-state index contributed by atoms with van der Waals surface area (Å²) in [6.45, 7) is 8.60. The van der Waals surface area contributed by atoms with E-state index in [0.717, 1.165) is 21.2 Å². The number of hydrogen-bond acceptors (Lipinski definition) is 1. The van der Waals surface area contributed by atoms with Crippen LogP contribution in [0.4, 0.5) is 0 Å². The number of halogens is 1. The molecule has 0 heterocycles. The van der Waals surface area contributed by atoms with Gasteiger partial charge in [0.2, 0.25) is 0 Å². The zero-order valence-electron chi connectivity index (χ0n) is 12.4. The van der Waals surface area contributed by atoms with Gasteiger partial charge in [0, 0.05) is 4.47 Å². The van der Waals surface area contributed by atoms with Crippen LogP contribution in [0.3, 0.4) is 0 Å². The summed E-state index contributed by atoms with van der Waals surface area (Å²) >= 11 is 3.51. The Morgan fingerprint density at radius 3 is 2.15 bits per heavy atom. The van der Waals surface area contributed by atoms with Crippen molar-refractivity contribution in [3.8, 4) is 0 Å². The van der Waals surface area contributed by atoms with Crippen LogP contribution in [-0.2, 0) is 5.41 Å². The van der Waals surface area contributed by atoms with Crippen LogP contribution >= 0.6 is 15.9 Å². The minimum Gasteiger partial charge on any atom is -0.384 e. The molecule has 1 unspecified atom stereocenters. The van der Waals surface area contributed by atoms with E-state index < -0.39 is 6.10 Å². The van der Waals surface area contributed by atoms with Gasteiger partial charge in [-0.15, -0.1) is 0 Å². The highest BCUT2D eigenvalue weighted by atomic mass is 79.9. The first-order chi connectivity index (χ1) is 9.29. The van der Waals surface area contributed by atoms with Gasteiger partial charge >= 0.3 is 0 Å². The van der Waals surface area contributed by atoms with Crippen molar-refractivity contribution in [3.63, 3.8) is 0 Å². The first kappa shape index (κ1) is 15.3. The van der Waals surface area contributed by atoms with E-state index in [1.807, 2.05) is 37.3 Å². The Kier molecular flexibility index (Phi) is 4.36. The van der Waals surface area contributed by atoms with E-state index in [9.17, 15) is 5.11 Å². The maximum absolute atomic E-state index is 10.6. The topological polar surface area (TPSA) is 20.2 Å². The van der Waals surface area contributed by atoms with Crippen LogP contribution < -0.4 is 0 Å². The normalized spacial score (nSPS) is 13.3. The predicted molar refractivity (Wildman–Crippen MR) is 88.1 cm³/mol. The summed E-state index contributed by atoms with van der Waals surface area (Å²) in [4.78, 5) is 0. The SMILES string of the molecule is Cc1ccc(Br)c(C(O)c2ccc(C(C)(C)C)cc2)c1. The number of benzene rings is 2. The van der Waals surface area contributed by atoms with Gasteiger partial charge in [-0.1, -0.05) is 78.7 Å². The molecule has 2 rings (SSSR count). The molecule has 1 atom stereocenters. The Hall–Kier alpha value is -1.12. The average Bonchev–Trinajstić information content (AvgIpc) is 2.40. The molecule has 1 N–H and O–H groups in total. The van der Waals surface area contributed by atoms with Crippen LogP contribution in [0.15, 0.2) is 46.9 Å². The van der Waals surface area contributed by atoms with Crippen molar-refractivity contribution in [3.05, 3.63) is 69.2 Å². The van der Waals surface area contributed by atoms with Crippen molar-refractivity contribution in [2.24, 2.45) is 0 Å². The molecule has 2 heteroatoms. The lowest BCUT2D eigenvalue weighted by Crippen LogP contribution is -2.11. The number of aryl methyl sites for hydroxylation is 1. The monoisotopic (exact) mass is 332 g/mol. The van der Waals surface area contributed by atoms with E-state index in [0.29, 0.717) is 0 Å². The standard InChI is InChI=1S/C18H21BrO/c1-12-5-10-16(19)15(11-12)17(20)13-6-8-14(9-7-13)18(2,3)4/h5-11,17,20H,1-4H3. The van der Waals surface area contributed by atoms with Crippen molar-refractivity contribution >= 4 is 15.9 Å². The molecule has 0 bridgehead atoms. The first-order valence-electron chi connectivity index (χ1n) is 6.83. The minimum absolute atomic E-state index is 0.132. The van der Waals surface area contributed by atoms with E-state index in [4.69, 9.17) is 0 Å². The third kappa shape index (κ3) is 3.31. The van der Waals surface area contributed by atoms with E-state index >= 15 is 0 Å². The molecule has 0 radical (unpaired) electrons. The lowest BCUT2D eigenvalue weighted by Gasteiger charge is -2.20. The highest BCUT2D eigenvalue weighted by molar-refractivity contribution is 9.10. The van der Waals surface area contributed by atoms with Gasteiger partial charge in [-0.05, 0) is 35.1 Å². The largest absolute Gasteiger partial charge is 0.384 e. The summed E-state index contributed by atoms with van der Waals surface area (Å²) in [7, 11) is 0. The zero-order valence-corrected chi connectivity index (χ0v) is 14.0. The highest BCUT2D eigenvalue weighted by Gasteiger charge is 2.17. The summed E-state index contributed by atoms with van der Waals surface area (Å²) in [5.74, 6) is 0.